The van der Waals surface area contributed by atoms with Crippen molar-refractivity contribution in [1.29, 1.82) is 0 Å². The third kappa shape index (κ3) is 5.70. The van der Waals surface area contributed by atoms with Crippen LogP contribution in [0.2, 0.25) is 0 Å². The molecule has 0 saturated heterocycles. The van der Waals surface area contributed by atoms with E-state index in [9.17, 15) is 4.79 Å². The number of fused-ring (bicyclic) bond motifs is 3. The van der Waals surface area contributed by atoms with Crippen molar-refractivity contribution in [3.63, 3.8) is 0 Å². The van der Waals surface area contributed by atoms with Gasteiger partial charge in [0, 0.05) is 30.6 Å². The number of nitrogens with one attached hydrogen (secondary N) is 1. The first-order valence-electron chi connectivity index (χ1n) is 11.6. The largest absolute Gasteiger partial charge is 0.382 e. The second-order valence-electron chi connectivity index (χ2n) is 8.67. The zero-order chi connectivity index (χ0) is 23.9. The van der Waals surface area contributed by atoms with Gasteiger partial charge >= 0.3 is 0 Å². The molecule has 0 aliphatic heterocycles. The molecule has 2 aromatic carbocycles. The van der Waals surface area contributed by atoms with Gasteiger partial charge in [-0.05, 0) is 50.7 Å². The van der Waals surface area contributed by atoms with E-state index < -0.39 is 0 Å². The number of carbonyl (C=O) groups excluding carboxylic acids is 1. The number of unbranched alkanes of at least 4 members (excludes halogenated alkanes) is 1. The Morgan fingerprint density at radius 3 is 2.71 bits per heavy atom. The summed E-state index contributed by atoms with van der Waals surface area (Å²) in [5.74, 6) is 0.392. The molecule has 0 spiro atoms. The van der Waals surface area contributed by atoms with Crippen LogP contribution in [0.4, 0.5) is 5.82 Å². The molecule has 0 radical (unpaired) electrons. The van der Waals surface area contributed by atoms with Gasteiger partial charge in [0.1, 0.15) is 5.52 Å². The number of rotatable bonds is 11. The van der Waals surface area contributed by atoms with Crippen LogP contribution in [0.15, 0.2) is 54.9 Å². The first-order chi connectivity index (χ1) is 16.5. The number of benzene rings is 2. The van der Waals surface area contributed by atoms with Gasteiger partial charge in [-0.2, -0.15) is 0 Å². The van der Waals surface area contributed by atoms with Gasteiger partial charge in [0.25, 0.3) is 5.91 Å². The second kappa shape index (κ2) is 11.1. The average Bonchev–Trinajstić information content (AvgIpc) is 3.27. The van der Waals surface area contributed by atoms with Crippen LogP contribution in [0.3, 0.4) is 0 Å². The molecule has 8 heteroatoms. The molecule has 0 bridgehead atoms. The number of aryl methyl sites for hydroxylation is 1. The fourth-order valence-corrected chi connectivity index (χ4v) is 3.88. The smallest absolute Gasteiger partial charge is 0.251 e. The first-order valence-corrected chi connectivity index (χ1v) is 11.6. The number of imidazole rings is 1. The Balaban J connectivity index is 1.24. The number of pyridine rings is 1. The van der Waals surface area contributed by atoms with Gasteiger partial charge in [-0.1, -0.05) is 30.3 Å². The Bertz CT molecular complexity index is 1250. The fourth-order valence-electron chi connectivity index (χ4n) is 3.88. The van der Waals surface area contributed by atoms with Crippen molar-refractivity contribution in [3.05, 3.63) is 66.0 Å². The molecule has 4 aromatic rings. The predicted octanol–water partition coefficient (Wildman–Crippen LogP) is 3.46. The van der Waals surface area contributed by atoms with Crippen LogP contribution in [-0.2, 0) is 17.9 Å². The highest BCUT2D eigenvalue weighted by atomic mass is 16.5. The molecular formula is C26H32N6O2. The van der Waals surface area contributed by atoms with Crippen molar-refractivity contribution in [2.45, 2.75) is 26.0 Å². The summed E-state index contributed by atoms with van der Waals surface area (Å²) in [6, 6.07) is 15.5. The van der Waals surface area contributed by atoms with Crippen molar-refractivity contribution < 1.29 is 9.53 Å². The quantitative estimate of drug-likeness (QED) is 0.333. The lowest BCUT2D eigenvalue weighted by atomic mass is 10.1. The second-order valence-corrected chi connectivity index (χ2v) is 8.67. The van der Waals surface area contributed by atoms with Gasteiger partial charge in [0.15, 0.2) is 5.82 Å². The van der Waals surface area contributed by atoms with Crippen molar-refractivity contribution >= 4 is 33.7 Å². The number of nitrogens with zero attached hydrogens (tertiary/aromatic N) is 4. The zero-order valence-electron chi connectivity index (χ0n) is 19.8. The molecule has 0 atom stereocenters. The Morgan fingerprint density at radius 2 is 1.91 bits per heavy atom. The number of likely N-dealkylation sites (N-methyl/N-ethyl adjacent to an activating group) is 1. The molecule has 0 fully saturated rings. The molecule has 8 nitrogen and oxygen atoms in total. The minimum absolute atomic E-state index is 0.0574. The number of amides is 1. The van der Waals surface area contributed by atoms with Crippen molar-refractivity contribution in [2.24, 2.45) is 0 Å². The topological polar surface area (TPSA) is 98.3 Å². The zero-order valence-corrected chi connectivity index (χ0v) is 19.8. The SMILES string of the molecule is CN(C)CCOCc1ccc(C(=O)NCCCCn2cnc3c(N)nc4ccccc4c32)cc1. The highest BCUT2D eigenvalue weighted by Gasteiger charge is 2.12. The first kappa shape index (κ1) is 23.7. The molecule has 2 aromatic heterocycles. The number of para-hydroxylation sites is 1. The van der Waals surface area contributed by atoms with Gasteiger partial charge < -0.3 is 25.3 Å². The lowest BCUT2D eigenvalue weighted by Crippen LogP contribution is -2.24. The number of anilines is 1. The van der Waals surface area contributed by atoms with Crippen molar-refractivity contribution in [2.75, 3.05) is 39.5 Å². The van der Waals surface area contributed by atoms with Gasteiger partial charge in [0.2, 0.25) is 0 Å². The number of hydrogen-bond donors (Lipinski definition) is 2. The van der Waals surface area contributed by atoms with E-state index in [-0.39, 0.29) is 5.91 Å². The third-order valence-electron chi connectivity index (χ3n) is 5.76. The van der Waals surface area contributed by atoms with E-state index in [0.29, 0.717) is 31.1 Å². The van der Waals surface area contributed by atoms with Crippen LogP contribution in [-0.4, -0.2) is 59.1 Å². The van der Waals surface area contributed by atoms with Crippen LogP contribution in [0.1, 0.15) is 28.8 Å². The predicted molar refractivity (Wildman–Crippen MR) is 136 cm³/mol. The number of hydrogen-bond acceptors (Lipinski definition) is 6. The number of ether oxygens (including phenoxy) is 1. The number of nitrogens with two attached hydrogens (primary N) is 1. The fraction of sp³-hybridized carbons (Fsp3) is 0.346. The summed E-state index contributed by atoms with van der Waals surface area (Å²) < 4.78 is 7.77. The monoisotopic (exact) mass is 460 g/mol. The Kier molecular flexibility index (Phi) is 7.72. The summed E-state index contributed by atoms with van der Waals surface area (Å²) >= 11 is 0. The lowest BCUT2D eigenvalue weighted by Gasteiger charge is -2.10. The summed E-state index contributed by atoms with van der Waals surface area (Å²) in [5.41, 5.74) is 10.4. The van der Waals surface area contributed by atoms with Gasteiger partial charge in [-0.25, -0.2) is 9.97 Å². The highest BCUT2D eigenvalue weighted by molar-refractivity contribution is 6.06. The number of aromatic nitrogens is 3. The van der Waals surface area contributed by atoms with Crippen molar-refractivity contribution in [3.8, 4) is 0 Å². The summed E-state index contributed by atoms with van der Waals surface area (Å²) in [6.45, 7) is 3.54. The van der Waals surface area contributed by atoms with Crippen LogP contribution < -0.4 is 11.1 Å². The van der Waals surface area contributed by atoms with E-state index in [2.05, 4.69) is 24.8 Å². The van der Waals surface area contributed by atoms with E-state index in [1.54, 1.807) is 0 Å². The average molecular weight is 461 g/mol. The van der Waals surface area contributed by atoms with E-state index in [1.807, 2.05) is 69.0 Å². The maximum atomic E-state index is 12.5. The van der Waals surface area contributed by atoms with Crippen LogP contribution in [0, 0.1) is 0 Å². The van der Waals surface area contributed by atoms with E-state index in [1.165, 1.54) is 0 Å². The van der Waals surface area contributed by atoms with E-state index in [4.69, 9.17) is 10.5 Å². The summed E-state index contributed by atoms with van der Waals surface area (Å²) in [7, 11) is 4.04. The Hall–Kier alpha value is -3.49. The molecule has 0 aliphatic rings. The maximum absolute atomic E-state index is 12.5. The Morgan fingerprint density at radius 1 is 1.12 bits per heavy atom. The summed E-state index contributed by atoms with van der Waals surface area (Å²) in [5, 5.41) is 4.05. The molecule has 34 heavy (non-hydrogen) atoms. The molecule has 0 aliphatic carbocycles. The minimum Gasteiger partial charge on any atom is -0.382 e. The van der Waals surface area contributed by atoms with Gasteiger partial charge in [-0.15, -0.1) is 0 Å². The molecule has 0 saturated carbocycles. The lowest BCUT2D eigenvalue weighted by molar-refractivity contribution is 0.0952. The van der Waals surface area contributed by atoms with E-state index >= 15 is 0 Å². The van der Waals surface area contributed by atoms with Crippen LogP contribution >= 0.6 is 0 Å². The molecule has 178 valence electrons. The summed E-state index contributed by atoms with van der Waals surface area (Å²) in [6.07, 6.45) is 3.59. The standard InChI is InChI=1S/C26H32N6O2/c1-31(2)15-16-34-17-19-9-11-20(12-10-19)26(33)28-13-5-6-14-32-18-29-23-24(32)21-7-3-4-8-22(21)30-25(23)27/h3-4,7-12,18H,5-6,13-17H2,1-2H3,(H2,27,30)(H,28,33). The van der Waals surface area contributed by atoms with Crippen LogP contribution in [0.25, 0.3) is 21.9 Å². The molecule has 3 N–H and O–H groups in total. The molecule has 2 heterocycles. The molecular weight excluding hydrogens is 428 g/mol. The molecule has 4 rings (SSSR count). The van der Waals surface area contributed by atoms with Gasteiger partial charge in [-0.3, -0.25) is 4.79 Å². The maximum Gasteiger partial charge on any atom is 0.251 e. The van der Waals surface area contributed by atoms with Crippen molar-refractivity contribution in [1.82, 2.24) is 24.8 Å². The third-order valence-corrected chi connectivity index (χ3v) is 5.76. The van der Waals surface area contributed by atoms with Crippen LogP contribution in [0.5, 0.6) is 0 Å². The van der Waals surface area contributed by atoms with Gasteiger partial charge in [0.05, 0.1) is 30.6 Å². The molecule has 0 unspecified atom stereocenters. The highest BCUT2D eigenvalue weighted by Crippen LogP contribution is 2.27. The van der Waals surface area contributed by atoms with E-state index in [0.717, 1.165) is 53.4 Å². The Labute approximate surface area is 199 Å². The normalized spacial score (nSPS) is 11.5. The number of nitrogen functional groups attached to an aromatic ring is 1. The number of carbonyl (C=O) groups is 1. The minimum atomic E-state index is -0.0574. The summed E-state index contributed by atoms with van der Waals surface area (Å²) in [4.78, 5) is 23.5. The molecule has 1 amide bonds.